The molecule has 0 N–H and O–H groups in total. The third-order valence-corrected chi connectivity index (χ3v) is 4.87. The van der Waals surface area contributed by atoms with Gasteiger partial charge in [-0.15, -0.1) is 16.4 Å². The number of para-hydroxylation sites is 1. The van der Waals surface area contributed by atoms with E-state index in [4.69, 9.17) is 0 Å². The molecule has 0 fully saturated rings. The number of carbonyl (C=O) groups is 1. The number of hydrogen-bond donors (Lipinski definition) is 0. The summed E-state index contributed by atoms with van der Waals surface area (Å²) in [5.41, 5.74) is 2.12. The predicted molar refractivity (Wildman–Crippen MR) is 93.5 cm³/mol. The van der Waals surface area contributed by atoms with E-state index in [1.54, 1.807) is 34.2 Å². The molecule has 0 spiro atoms. The van der Waals surface area contributed by atoms with Crippen molar-refractivity contribution in [2.45, 2.75) is 26.8 Å². The smallest absolute Gasteiger partial charge is 0.276 e. The van der Waals surface area contributed by atoms with E-state index in [2.05, 4.69) is 15.3 Å². The maximum Gasteiger partial charge on any atom is 0.276 e. The van der Waals surface area contributed by atoms with Gasteiger partial charge in [0.25, 0.3) is 5.91 Å². The van der Waals surface area contributed by atoms with Crippen molar-refractivity contribution in [2.24, 2.45) is 0 Å². The van der Waals surface area contributed by atoms with Crippen LogP contribution in [0.4, 0.5) is 0 Å². The number of benzene rings is 1. The van der Waals surface area contributed by atoms with Gasteiger partial charge in [-0.1, -0.05) is 23.4 Å². The standard InChI is InChI=1S/C17H19N5OS/c1-11(16-12(2)24-13(3)18-16)21(4)17(23)15-10-22(20-19-15)14-8-6-5-7-9-14/h5-11H,1-4H3/t11-/m1/s1. The lowest BCUT2D eigenvalue weighted by atomic mass is 10.2. The molecule has 7 heteroatoms. The van der Waals surface area contributed by atoms with Crippen LogP contribution < -0.4 is 0 Å². The van der Waals surface area contributed by atoms with Gasteiger partial charge in [0, 0.05) is 11.9 Å². The minimum absolute atomic E-state index is 0.121. The molecule has 0 saturated carbocycles. The van der Waals surface area contributed by atoms with Crippen LogP contribution in [-0.2, 0) is 0 Å². The Hall–Kier alpha value is -2.54. The number of thiazole rings is 1. The highest BCUT2D eigenvalue weighted by Gasteiger charge is 2.24. The topological polar surface area (TPSA) is 63.9 Å². The van der Waals surface area contributed by atoms with Crippen molar-refractivity contribution >= 4 is 17.2 Å². The van der Waals surface area contributed by atoms with Crippen LogP contribution in [0.15, 0.2) is 36.5 Å². The summed E-state index contributed by atoms with van der Waals surface area (Å²) in [4.78, 5) is 20.0. The fourth-order valence-corrected chi connectivity index (χ4v) is 3.45. The number of nitrogens with zero attached hydrogens (tertiary/aromatic N) is 5. The largest absolute Gasteiger partial charge is 0.332 e. The van der Waals surface area contributed by atoms with E-state index in [-0.39, 0.29) is 11.9 Å². The maximum atomic E-state index is 12.7. The van der Waals surface area contributed by atoms with Crippen LogP contribution in [0.1, 0.15) is 39.0 Å². The molecule has 2 aromatic heterocycles. The molecule has 124 valence electrons. The second-order valence-electron chi connectivity index (χ2n) is 5.65. The molecule has 0 bridgehead atoms. The van der Waals surface area contributed by atoms with Gasteiger partial charge in [-0.2, -0.15) is 0 Å². The van der Waals surface area contributed by atoms with Gasteiger partial charge in [0.2, 0.25) is 0 Å². The Morgan fingerprint density at radius 3 is 2.58 bits per heavy atom. The molecule has 3 rings (SSSR count). The highest BCUT2D eigenvalue weighted by Crippen LogP contribution is 2.26. The zero-order valence-corrected chi connectivity index (χ0v) is 14.9. The maximum absolute atomic E-state index is 12.7. The molecule has 0 aliphatic heterocycles. The van der Waals surface area contributed by atoms with Crippen LogP contribution in [0.2, 0.25) is 0 Å². The predicted octanol–water partition coefficient (Wildman–Crippen LogP) is 3.17. The molecule has 3 aromatic rings. The van der Waals surface area contributed by atoms with E-state index in [9.17, 15) is 4.79 Å². The molecule has 0 saturated heterocycles. The number of aryl methyl sites for hydroxylation is 2. The summed E-state index contributed by atoms with van der Waals surface area (Å²) in [6, 6.07) is 9.47. The number of carbonyl (C=O) groups excluding carboxylic acids is 1. The van der Waals surface area contributed by atoms with Gasteiger partial charge in [0.05, 0.1) is 28.6 Å². The van der Waals surface area contributed by atoms with Crippen LogP contribution in [0.25, 0.3) is 5.69 Å². The zero-order chi connectivity index (χ0) is 17.3. The summed E-state index contributed by atoms with van der Waals surface area (Å²) in [5, 5.41) is 9.08. The number of hydrogen-bond acceptors (Lipinski definition) is 5. The molecule has 2 heterocycles. The van der Waals surface area contributed by atoms with E-state index in [0.29, 0.717) is 5.69 Å². The molecule has 0 radical (unpaired) electrons. The van der Waals surface area contributed by atoms with Crippen molar-refractivity contribution < 1.29 is 4.79 Å². The molecular formula is C17H19N5OS. The lowest BCUT2D eigenvalue weighted by Gasteiger charge is -2.23. The first-order chi connectivity index (χ1) is 11.5. The van der Waals surface area contributed by atoms with Crippen molar-refractivity contribution in [3.63, 3.8) is 0 Å². The molecule has 1 amide bonds. The Balaban J connectivity index is 1.81. The summed E-state index contributed by atoms with van der Waals surface area (Å²) >= 11 is 1.64. The molecule has 0 aliphatic carbocycles. The van der Waals surface area contributed by atoms with Crippen molar-refractivity contribution in [2.75, 3.05) is 7.05 Å². The highest BCUT2D eigenvalue weighted by molar-refractivity contribution is 7.11. The van der Waals surface area contributed by atoms with Crippen LogP contribution in [0.3, 0.4) is 0 Å². The Bertz CT molecular complexity index is 855. The summed E-state index contributed by atoms with van der Waals surface area (Å²) < 4.78 is 1.60. The van der Waals surface area contributed by atoms with Crippen molar-refractivity contribution in [1.82, 2.24) is 24.9 Å². The van der Waals surface area contributed by atoms with Crippen molar-refractivity contribution in [3.05, 3.63) is 57.8 Å². The van der Waals surface area contributed by atoms with Crippen LogP contribution in [0, 0.1) is 13.8 Å². The Labute approximate surface area is 144 Å². The van der Waals surface area contributed by atoms with E-state index in [1.165, 1.54) is 0 Å². The van der Waals surface area contributed by atoms with Gasteiger partial charge in [0.15, 0.2) is 5.69 Å². The fraction of sp³-hybridized carbons (Fsp3) is 0.294. The monoisotopic (exact) mass is 341 g/mol. The molecule has 1 atom stereocenters. The van der Waals surface area contributed by atoms with Gasteiger partial charge in [-0.3, -0.25) is 4.79 Å². The second-order valence-corrected chi connectivity index (χ2v) is 7.06. The third-order valence-electron chi connectivity index (χ3n) is 3.97. The quantitative estimate of drug-likeness (QED) is 0.731. The van der Waals surface area contributed by atoms with Crippen LogP contribution in [-0.4, -0.2) is 37.8 Å². The Morgan fingerprint density at radius 1 is 1.25 bits per heavy atom. The van der Waals surface area contributed by atoms with Crippen LogP contribution in [0.5, 0.6) is 0 Å². The van der Waals surface area contributed by atoms with E-state index in [0.717, 1.165) is 21.3 Å². The summed E-state index contributed by atoms with van der Waals surface area (Å²) in [5.74, 6) is -0.172. The van der Waals surface area contributed by atoms with Crippen LogP contribution >= 0.6 is 11.3 Å². The van der Waals surface area contributed by atoms with Gasteiger partial charge in [-0.05, 0) is 32.9 Å². The van der Waals surface area contributed by atoms with Crippen molar-refractivity contribution in [3.8, 4) is 5.69 Å². The second kappa shape index (κ2) is 6.52. The minimum atomic E-state index is -0.172. The molecule has 0 aliphatic rings. The first-order valence-electron chi connectivity index (χ1n) is 7.66. The number of amides is 1. The van der Waals surface area contributed by atoms with Gasteiger partial charge >= 0.3 is 0 Å². The van der Waals surface area contributed by atoms with Gasteiger partial charge in [-0.25, -0.2) is 9.67 Å². The minimum Gasteiger partial charge on any atom is -0.332 e. The van der Waals surface area contributed by atoms with Gasteiger partial charge in [0.1, 0.15) is 0 Å². The molecule has 0 unspecified atom stereocenters. The van der Waals surface area contributed by atoms with E-state index in [1.807, 2.05) is 51.1 Å². The molecule has 6 nitrogen and oxygen atoms in total. The lowest BCUT2D eigenvalue weighted by molar-refractivity contribution is 0.0733. The van der Waals surface area contributed by atoms with E-state index < -0.39 is 0 Å². The third kappa shape index (κ3) is 3.07. The van der Waals surface area contributed by atoms with Crippen molar-refractivity contribution in [1.29, 1.82) is 0 Å². The van der Waals surface area contributed by atoms with Gasteiger partial charge < -0.3 is 4.90 Å². The average Bonchev–Trinajstić information content (AvgIpc) is 3.20. The normalized spacial score (nSPS) is 12.2. The Morgan fingerprint density at radius 2 is 1.96 bits per heavy atom. The molecule has 1 aromatic carbocycles. The first-order valence-corrected chi connectivity index (χ1v) is 8.48. The number of rotatable bonds is 4. The summed E-state index contributed by atoms with van der Waals surface area (Å²) in [6.07, 6.45) is 1.65. The zero-order valence-electron chi connectivity index (χ0n) is 14.1. The lowest BCUT2D eigenvalue weighted by Crippen LogP contribution is -2.30. The molecular weight excluding hydrogens is 322 g/mol. The highest BCUT2D eigenvalue weighted by atomic mass is 32.1. The number of aromatic nitrogens is 4. The Kier molecular flexibility index (Phi) is 4.44. The first kappa shape index (κ1) is 16.3. The summed E-state index contributed by atoms with van der Waals surface area (Å²) in [6.45, 7) is 5.97. The fourth-order valence-electron chi connectivity index (χ4n) is 2.54. The SMILES string of the molecule is Cc1nc([C@@H](C)N(C)C(=O)c2cn(-c3ccccc3)nn2)c(C)s1. The van der Waals surface area contributed by atoms with E-state index >= 15 is 0 Å². The summed E-state index contributed by atoms with van der Waals surface area (Å²) in [7, 11) is 1.77. The average molecular weight is 341 g/mol. The molecule has 24 heavy (non-hydrogen) atoms.